The Morgan fingerprint density at radius 1 is 0.368 bits per heavy atom. The van der Waals surface area contributed by atoms with Gasteiger partial charge in [-0.15, -0.1) is 0 Å². The fourth-order valence-electron chi connectivity index (χ4n) is 8.75. The fraction of sp³-hybridized carbons (Fsp3) is 0.227. The lowest BCUT2D eigenvalue weighted by Crippen LogP contribution is -2.38. The van der Waals surface area contributed by atoms with Crippen molar-refractivity contribution in [1.29, 1.82) is 0 Å². The number of esters is 3. The van der Waals surface area contributed by atoms with Crippen LogP contribution in [0.2, 0.25) is 0 Å². The van der Waals surface area contributed by atoms with E-state index in [1.54, 1.807) is 127 Å². The van der Waals surface area contributed by atoms with Crippen LogP contribution in [0.25, 0.3) is 32.9 Å². The Hall–Kier alpha value is -10.4. The van der Waals surface area contributed by atoms with Crippen molar-refractivity contribution in [3.05, 3.63) is 228 Å². The van der Waals surface area contributed by atoms with Gasteiger partial charge in [0.05, 0.1) is 39.6 Å². The molecule has 3 aromatic heterocycles. The zero-order chi connectivity index (χ0) is 61.1. The fourth-order valence-corrected chi connectivity index (χ4v) is 8.75. The zero-order valence-electron chi connectivity index (χ0n) is 46.9. The lowest BCUT2D eigenvalue weighted by Gasteiger charge is -2.32. The molecule has 9 rings (SSSR count). The molecule has 0 unspecified atom stereocenters. The summed E-state index contributed by atoms with van der Waals surface area (Å²) in [4.78, 5) is 115. The highest BCUT2D eigenvalue weighted by molar-refractivity contribution is 6.11. The predicted octanol–water partition coefficient (Wildman–Crippen LogP) is 8.31. The van der Waals surface area contributed by atoms with Gasteiger partial charge in [0.2, 0.25) is 0 Å². The number of fused-ring (bicyclic) bond motifs is 3. The highest BCUT2D eigenvalue weighted by Gasteiger charge is 2.30. The first kappa shape index (κ1) is 61.2. The first-order chi connectivity index (χ1) is 42.2. The Labute approximate surface area is 494 Å². The van der Waals surface area contributed by atoms with Crippen molar-refractivity contribution in [3.63, 3.8) is 0 Å². The first-order valence-electron chi connectivity index (χ1n) is 27.4. The van der Waals surface area contributed by atoms with Crippen LogP contribution in [0.15, 0.2) is 191 Å². The second-order valence-corrected chi connectivity index (χ2v) is 19.6. The highest BCUT2D eigenvalue weighted by atomic mass is 16.6. The maximum absolute atomic E-state index is 12.9. The molecule has 3 heterocycles. The van der Waals surface area contributed by atoms with E-state index in [0.717, 1.165) is 0 Å². The molecule has 0 aliphatic carbocycles. The van der Waals surface area contributed by atoms with Crippen LogP contribution in [0, 0.1) is 5.41 Å². The van der Waals surface area contributed by atoms with Crippen LogP contribution < -0.4 is 31.1 Å². The Kier molecular flexibility index (Phi) is 20.7. The average Bonchev–Trinajstić information content (AvgIpc) is 2.95. The van der Waals surface area contributed by atoms with E-state index in [4.69, 9.17) is 55.9 Å². The molecule has 446 valence electrons. The molecule has 0 saturated heterocycles. The maximum atomic E-state index is 12.9. The minimum absolute atomic E-state index is 0.0372. The quantitative estimate of drug-likeness (QED) is 0.0130. The van der Waals surface area contributed by atoms with Crippen LogP contribution >= 0.6 is 0 Å². The second kappa shape index (κ2) is 29.4. The molecule has 0 amide bonds. The van der Waals surface area contributed by atoms with Gasteiger partial charge in [0.1, 0.15) is 70.5 Å². The molecule has 9 aromatic rings. The van der Waals surface area contributed by atoms with E-state index in [-0.39, 0.29) is 110 Å². The summed E-state index contributed by atoms with van der Waals surface area (Å²) in [5, 5.41) is 1.41. The van der Waals surface area contributed by atoms with E-state index in [1.165, 1.54) is 36.4 Å². The van der Waals surface area contributed by atoms with Crippen molar-refractivity contribution in [1.82, 2.24) is 0 Å². The van der Waals surface area contributed by atoms with E-state index >= 15 is 0 Å². The van der Waals surface area contributed by atoms with Gasteiger partial charge in [0.15, 0.2) is 37.2 Å². The molecule has 21 nitrogen and oxygen atoms in total. The van der Waals surface area contributed by atoms with Gasteiger partial charge in [0.25, 0.3) is 0 Å². The molecule has 21 heteroatoms. The van der Waals surface area contributed by atoms with Crippen molar-refractivity contribution in [2.45, 2.75) is 13.3 Å². The molecule has 0 N–H and O–H groups in total. The molecule has 0 atom stereocenters. The van der Waals surface area contributed by atoms with Crippen LogP contribution in [0.5, 0.6) is 17.2 Å². The van der Waals surface area contributed by atoms with Gasteiger partial charge in [0, 0.05) is 56.5 Å². The third kappa shape index (κ3) is 16.5. The molecular weight excluding hydrogens is 1130 g/mol. The number of hydrogen-bond acceptors (Lipinski definition) is 21. The summed E-state index contributed by atoms with van der Waals surface area (Å²) in [7, 11) is 0. The molecule has 0 saturated carbocycles. The molecule has 0 radical (unpaired) electrons. The summed E-state index contributed by atoms with van der Waals surface area (Å²) in [6.45, 7) is -0.0000287. The minimum atomic E-state index is -0.824. The van der Waals surface area contributed by atoms with Crippen molar-refractivity contribution >= 4 is 68.2 Å². The Morgan fingerprint density at radius 3 is 0.931 bits per heavy atom. The molecule has 0 bridgehead atoms. The van der Waals surface area contributed by atoms with Gasteiger partial charge in [-0.1, -0.05) is 97.9 Å². The van der Waals surface area contributed by atoms with Gasteiger partial charge < -0.3 is 55.9 Å². The number of carbonyl (C=O) groups excluding carboxylic acids is 6. The Balaban J connectivity index is 0.730. The van der Waals surface area contributed by atoms with Crippen LogP contribution in [0.1, 0.15) is 61.1 Å². The summed E-state index contributed by atoms with van der Waals surface area (Å²) in [5.74, 6) is -2.96. The molecule has 0 fully saturated rings. The molecule has 87 heavy (non-hydrogen) atoms. The molecule has 0 aliphatic rings. The van der Waals surface area contributed by atoms with E-state index < -0.39 is 77.4 Å². The van der Waals surface area contributed by atoms with Crippen molar-refractivity contribution in [3.8, 4) is 17.2 Å². The molecule has 0 spiro atoms. The van der Waals surface area contributed by atoms with Gasteiger partial charge in [-0.05, 0) is 61.0 Å². The van der Waals surface area contributed by atoms with E-state index in [9.17, 15) is 43.2 Å². The largest absolute Gasteiger partial charge is 0.482 e. The summed E-state index contributed by atoms with van der Waals surface area (Å²) < 4.78 is 66.9. The second-order valence-electron chi connectivity index (χ2n) is 19.6. The van der Waals surface area contributed by atoms with Crippen molar-refractivity contribution < 1.29 is 84.7 Å². The minimum Gasteiger partial charge on any atom is -0.482 e. The smallest absolute Gasteiger partial charge is 0.347 e. The van der Waals surface area contributed by atoms with Crippen molar-refractivity contribution in [2.24, 2.45) is 5.41 Å². The van der Waals surface area contributed by atoms with Crippen LogP contribution in [-0.2, 0) is 42.8 Å². The lowest BCUT2D eigenvalue weighted by molar-refractivity contribution is -0.149. The summed E-state index contributed by atoms with van der Waals surface area (Å²) in [5.41, 5.74) is -2.21. The Morgan fingerprint density at radius 2 is 0.655 bits per heavy atom. The van der Waals surface area contributed by atoms with Gasteiger partial charge in [-0.3, -0.25) is 14.4 Å². The van der Waals surface area contributed by atoms with E-state index in [0.29, 0.717) is 39.3 Å². The third-order valence-electron chi connectivity index (χ3n) is 13.5. The maximum Gasteiger partial charge on any atom is 0.347 e. The number of benzene rings is 6. The molecule has 6 aromatic carbocycles. The van der Waals surface area contributed by atoms with Crippen molar-refractivity contribution in [2.75, 3.05) is 79.3 Å². The molecule has 0 aliphatic heterocycles. The summed E-state index contributed by atoms with van der Waals surface area (Å²) in [6.07, 6.45) is 0.450. The topological polar surface area (TPSA) is 276 Å². The normalized spacial score (nSPS) is 11.3. The standard InChI is InChI=1S/C66H56O21/c1-2-66(39-76-24-27-79-57(67)36-82-48-21-18-45-30-51(63(73)85-54(45)33-48)60(70)42-12-6-3-7-13-42,40-77-25-28-80-58(68)37-83-49-22-19-46-31-52(64(74)86-55(46)34-49)61(71)43-14-8-4-9-15-43)41-78-26-29-81-59(69)38-84-50-23-20-47-32-53(65(75)87-56(47)35-50)62(72)44-16-10-5-11-17-44/h3-23,30-35H,2,24-29,36-41H2,1H3. The lowest BCUT2D eigenvalue weighted by atomic mass is 9.88. The van der Waals surface area contributed by atoms with Gasteiger partial charge in [-0.25, -0.2) is 28.8 Å². The summed E-state index contributed by atoms with van der Waals surface area (Å²) >= 11 is 0. The molecular formula is C66H56O21. The van der Waals surface area contributed by atoms with Gasteiger partial charge in [-0.2, -0.15) is 0 Å². The predicted molar refractivity (Wildman–Crippen MR) is 312 cm³/mol. The van der Waals surface area contributed by atoms with Crippen LogP contribution in [0.3, 0.4) is 0 Å². The zero-order valence-corrected chi connectivity index (χ0v) is 46.9. The Bertz CT molecular complexity index is 3690. The highest BCUT2D eigenvalue weighted by Crippen LogP contribution is 2.27. The number of carbonyl (C=O) groups is 6. The first-order valence-corrected chi connectivity index (χ1v) is 27.4. The monoisotopic (exact) mass is 1180 g/mol. The van der Waals surface area contributed by atoms with Crippen LogP contribution in [0.4, 0.5) is 0 Å². The third-order valence-corrected chi connectivity index (χ3v) is 13.5. The number of rotatable bonds is 31. The van der Waals surface area contributed by atoms with E-state index in [1.807, 2.05) is 6.92 Å². The summed E-state index contributed by atoms with van der Waals surface area (Å²) in [6, 6.07) is 43.0. The number of ketones is 3. The average molecular weight is 1190 g/mol. The van der Waals surface area contributed by atoms with Gasteiger partial charge >= 0.3 is 34.8 Å². The number of ether oxygens (including phenoxy) is 9. The number of hydrogen-bond donors (Lipinski definition) is 0. The van der Waals surface area contributed by atoms with Crippen LogP contribution in [-0.4, -0.2) is 115 Å². The van der Waals surface area contributed by atoms with E-state index in [2.05, 4.69) is 0 Å². The SMILES string of the molecule is CCC(COCCOC(=O)COc1ccc2cc(C(=O)c3ccccc3)c(=O)oc2c1)(COCCOC(=O)COc1ccc2cc(C(=O)c3ccccc3)c(=O)oc2c1)COCCOC(=O)COc1ccc2cc(C(=O)c3ccccc3)c(=O)oc2c1.